The number of aromatic hydroxyl groups is 2. The molecule has 1 saturated carbocycles. The molecule has 108 heavy (non-hydrogen) atoms. The van der Waals surface area contributed by atoms with Crippen molar-refractivity contribution >= 4 is 109 Å². The number of nitrogens with one attached hydrogen (secondary N) is 7. The summed E-state index contributed by atoms with van der Waals surface area (Å²) in [5.74, 6) is -0.215. The van der Waals surface area contributed by atoms with E-state index in [1.807, 2.05) is 61.7 Å². The molecule has 1 spiro atoms. The number of phenols is 2. The maximum absolute atomic E-state index is 14.2. The number of likely N-dealkylation sites (tertiary alicyclic amines) is 1. The highest BCUT2D eigenvalue weighted by molar-refractivity contribution is 6.16. The summed E-state index contributed by atoms with van der Waals surface area (Å²) in [7, 11) is 6.11. The number of aromatic amines is 3. The van der Waals surface area contributed by atoms with Crippen LogP contribution in [0.1, 0.15) is 118 Å². The number of aromatic nitrogens is 5. The molecule has 5 aromatic heterocycles. The van der Waals surface area contributed by atoms with Crippen LogP contribution >= 0.6 is 0 Å². The number of primary amides is 1. The highest BCUT2D eigenvalue weighted by Crippen LogP contribution is 2.67. The van der Waals surface area contributed by atoms with E-state index in [4.69, 9.17) is 69.6 Å². The first kappa shape index (κ1) is 74.0. The smallest absolute Gasteiger partial charge is 0.319 e. The molecular weight excluding hydrogens is 1390 g/mol. The van der Waals surface area contributed by atoms with E-state index < -0.39 is 23.8 Å². The molecule has 34 heteroatoms. The first-order valence-electron chi connectivity index (χ1n) is 34.5. The largest absolute Gasteiger partial charge is 0.503 e. The molecule has 14 rings (SSSR count). The van der Waals surface area contributed by atoms with Crippen LogP contribution < -0.4 is 89.9 Å². The maximum atomic E-state index is 14.2. The van der Waals surface area contributed by atoms with Gasteiger partial charge in [-0.2, -0.15) is 0 Å². The third kappa shape index (κ3) is 14.4. The van der Waals surface area contributed by atoms with E-state index in [-0.39, 0.29) is 125 Å². The molecule has 0 bridgehead atoms. The zero-order valence-electron chi connectivity index (χ0n) is 59.9. The van der Waals surface area contributed by atoms with E-state index in [0.29, 0.717) is 100.0 Å². The number of guanidine groups is 1. The molecule has 7 amide bonds. The van der Waals surface area contributed by atoms with Gasteiger partial charge in [0.05, 0.1) is 83.9 Å². The first-order chi connectivity index (χ1) is 51.6. The second-order valence-corrected chi connectivity index (χ2v) is 26.7. The lowest BCUT2D eigenvalue weighted by atomic mass is 9.83. The number of H-pyrrole nitrogens is 3. The molecule has 3 aliphatic heterocycles. The van der Waals surface area contributed by atoms with E-state index in [9.17, 15) is 43.8 Å². The normalized spacial score (nSPS) is 15.4. The van der Waals surface area contributed by atoms with Crippen LogP contribution in [0.3, 0.4) is 0 Å². The van der Waals surface area contributed by atoms with Crippen molar-refractivity contribution in [3.63, 3.8) is 0 Å². The number of amides is 7. The minimum Gasteiger partial charge on any atom is -0.503 e. The number of benzene rings is 4. The monoisotopic (exact) mass is 1480 g/mol. The summed E-state index contributed by atoms with van der Waals surface area (Å²) >= 11 is 0. The number of rotatable bonds is 23. The highest BCUT2D eigenvalue weighted by Gasteiger charge is 2.68. The van der Waals surface area contributed by atoms with Crippen LogP contribution in [0.25, 0.3) is 21.8 Å². The van der Waals surface area contributed by atoms with Crippen LogP contribution in [0.5, 0.6) is 34.5 Å². The van der Waals surface area contributed by atoms with Crippen LogP contribution in [-0.2, 0) is 37.1 Å². The number of hydrogen-bond acceptors (Lipinski definition) is 15. The second kappa shape index (κ2) is 30.2. The molecule has 2 fully saturated rings. The zero-order chi connectivity index (χ0) is 77.3. The number of ketones is 1. The summed E-state index contributed by atoms with van der Waals surface area (Å²) in [6.45, 7) is 4.30. The summed E-state index contributed by atoms with van der Waals surface area (Å²) in [6, 6.07) is 20.6. The topological polar surface area (TPSA) is 543 Å². The molecule has 2 aliphatic carbocycles. The van der Waals surface area contributed by atoms with E-state index in [2.05, 4.69) is 35.9 Å². The standard InChI is InChI=1S/C37H33N7O8.C19H24N4O2.C18H26N10O3/c1-14-12-39-27-22(45)10-23-37(24(14)27)11-15(37)13-44(23)35(49)21-9-18-16-4-6-42(28(16)30(46)32(51-2)25(18)41-21)34(48)20-8-19-17-5-7-43(36(38)50)29(17)31(47)33(52-3)26(19)40-20;20-18(21)14-4-8-16(9-5-14)24-12-2-1-3-13-25-17-10-6-15(7-11-17)19(22)23;1-27-9-11(6-12(27)16(30)23-4-3-14(19)20)26-17(31)13-5-10(8-28(13)2)25-15(29)7-24-18(21)22/h8-10,12,15,39-41,46-47H,4-7,11,13H2,1-3H3,(H2,38,50);4-11H,1-3,12-13H2,(H3,20,21)(H3,22,23);5-6,8-9H,3-4,7H2,1-2H3,(H3,19,20)(H,23,30)(H,25,29)(H,26,31)(H4,21,22,24)/p+2/t15-,37?;;/m1../s1. The molecule has 0 radical (unpaired) electrons. The Kier molecular flexibility index (Phi) is 20.7. The fourth-order valence-corrected chi connectivity index (χ4v) is 14.5. The van der Waals surface area contributed by atoms with Gasteiger partial charge in [-0.15, -0.1) is 0 Å². The minimum atomic E-state index is -0.714. The average molecular weight is 1480 g/mol. The number of nitrogens with zero attached hydrogens (tertiary/aromatic N) is 6. The SMILES string of the molecule is COc1c(O)c2c(c3cc(C(=O)N4CCc5c4c(O)c(OC)c4[nH]c(C(=O)N6C[C@H]7CC78C6=CC(=O)c6[nH]cc(C)c68)cc54)[nH]c13)CCN2C(N)=O.Cn1cc(NC(=O)c2cc(NC(=O)CN=C(N)N)cn2C)cc1C(=O)NCCC(=N)N.NC(=[NH2+])c1ccc(OCCCCCOc2ccc(C(N)=[NH2+])cc2)cc1. The van der Waals surface area contributed by atoms with Crippen LogP contribution in [0, 0.1) is 18.3 Å². The number of anilines is 4. The number of aryl methyl sites for hydroxylation is 3. The lowest BCUT2D eigenvalue weighted by molar-refractivity contribution is -0.115. The molecule has 34 nitrogen and oxygen atoms in total. The van der Waals surface area contributed by atoms with Gasteiger partial charge in [-0.05, 0) is 146 Å². The number of hydrogen-bond donors (Lipinski definition) is 17. The van der Waals surface area contributed by atoms with Crippen molar-refractivity contribution < 1.29 is 73.5 Å². The predicted octanol–water partition coefficient (Wildman–Crippen LogP) is 1.98. The maximum Gasteiger partial charge on any atom is 0.319 e. The van der Waals surface area contributed by atoms with E-state index >= 15 is 0 Å². The first-order valence-corrected chi connectivity index (χ1v) is 34.5. The Morgan fingerprint density at radius 1 is 0.694 bits per heavy atom. The van der Waals surface area contributed by atoms with Gasteiger partial charge in [-0.25, -0.2) is 9.79 Å². The molecule has 1 unspecified atom stereocenters. The van der Waals surface area contributed by atoms with Crippen LogP contribution in [0.15, 0.2) is 108 Å². The number of allylic oxidation sites excluding steroid dienone is 2. The number of nitrogens with two attached hydrogens (primary N) is 8. The molecule has 1 saturated heterocycles. The van der Waals surface area contributed by atoms with Crippen LogP contribution in [0.4, 0.5) is 27.5 Å². The number of piperidine rings is 1. The molecule has 9 aromatic rings. The summed E-state index contributed by atoms with van der Waals surface area (Å²) < 4.78 is 25.7. The lowest BCUT2D eigenvalue weighted by Gasteiger charge is -2.28. The number of phenolic OH excluding ortho intramolecular Hbond substituents is 2. The number of fused-ring (bicyclic) bond motifs is 7. The molecular formula is C74H85N21O13+2. The number of aliphatic imine (C=N–C) groups is 1. The number of methoxy groups -OCH3 is 2. The molecule has 2 atom stereocenters. The average Bonchev–Trinajstić information content (AvgIpc) is 1.50. The lowest BCUT2D eigenvalue weighted by Crippen LogP contribution is -2.46. The molecule has 8 heterocycles. The summed E-state index contributed by atoms with van der Waals surface area (Å²) in [4.78, 5) is 108. The van der Waals surface area contributed by atoms with Gasteiger partial charge in [0.25, 0.3) is 35.3 Å². The van der Waals surface area contributed by atoms with Crippen molar-refractivity contribution in [2.45, 2.75) is 57.3 Å². The fraction of sp³-hybridized carbons (Fsp3) is 0.284. The fourth-order valence-electron chi connectivity index (χ4n) is 14.5. The van der Waals surface area contributed by atoms with Gasteiger partial charge in [0.15, 0.2) is 29.0 Å². The van der Waals surface area contributed by atoms with Crippen molar-refractivity contribution in [1.82, 2.24) is 34.3 Å². The van der Waals surface area contributed by atoms with Crippen LogP contribution in [0.2, 0.25) is 0 Å². The van der Waals surface area contributed by atoms with Gasteiger partial charge in [0.1, 0.15) is 40.8 Å². The number of urea groups is 1. The Balaban J connectivity index is 0.000000166. The second-order valence-electron chi connectivity index (χ2n) is 26.7. The third-order valence-electron chi connectivity index (χ3n) is 19.6. The predicted molar refractivity (Wildman–Crippen MR) is 403 cm³/mol. The van der Waals surface area contributed by atoms with E-state index in [0.717, 1.165) is 65.1 Å². The molecule has 5 aliphatic rings. The molecule has 562 valence electrons. The highest BCUT2D eigenvalue weighted by atomic mass is 16.5. The number of amidine groups is 3. The van der Waals surface area contributed by atoms with Crippen molar-refractivity contribution in [2.75, 3.05) is 80.6 Å². The van der Waals surface area contributed by atoms with Gasteiger partial charge in [-0.3, -0.25) is 61.4 Å². The third-order valence-corrected chi connectivity index (χ3v) is 19.6. The number of carbonyl (C=O) groups is 7. The van der Waals surface area contributed by atoms with Crippen molar-refractivity contribution in [3.8, 4) is 34.5 Å². The van der Waals surface area contributed by atoms with Gasteiger partial charge < -0.3 is 102 Å². The van der Waals surface area contributed by atoms with Gasteiger partial charge in [0, 0.05) is 93.2 Å². The minimum absolute atomic E-state index is 0.0190. The zero-order valence-corrected chi connectivity index (χ0v) is 59.9. The Hall–Kier alpha value is -13.7. The van der Waals surface area contributed by atoms with E-state index in [1.54, 1.807) is 58.7 Å². The summed E-state index contributed by atoms with van der Waals surface area (Å²) in [5, 5.41) is 50.1. The molecule has 25 N–H and O–H groups in total. The number of unbranched alkanes of at least 4 members (excludes halogenated alkanes) is 2. The Labute approximate surface area is 616 Å². The Morgan fingerprint density at radius 2 is 1.20 bits per heavy atom. The van der Waals surface area contributed by atoms with Crippen molar-refractivity contribution in [2.24, 2.45) is 59.4 Å². The van der Waals surface area contributed by atoms with Gasteiger partial charge in [-0.1, -0.05) is 0 Å². The molecule has 4 aromatic carbocycles. The van der Waals surface area contributed by atoms with Crippen LogP contribution in [-0.4, -0.2) is 164 Å². The van der Waals surface area contributed by atoms with Gasteiger partial charge in [0.2, 0.25) is 11.7 Å². The quantitative estimate of drug-likeness (QED) is 0.0247. The van der Waals surface area contributed by atoms with Gasteiger partial charge >= 0.3 is 6.03 Å². The van der Waals surface area contributed by atoms with Crippen molar-refractivity contribution in [3.05, 3.63) is 165 Å². The summed E-state index contributed by atoms with van der Waals surface area (Å²) in [5.41, 5.74) is 41.4. The number of carbonyl (C=O) groups excluding carboxylic acids is 7. The Morgan fingerprint density at radius 3 is 1.71 bits per heavy atom. The van der Waals surface area contributed by atoms with E-state index in [1.165, 1.54) is 36.2 Å². The Bertz CT molecular complexity index is 5170. The number of ether oxygens (including phenoxy) is 4. The van der Waals surface area contributed by atoms with Crippen molar-refractivity contribution in [1.29, 1.82) is 5.41 Å². The summed E-state index contributed by atoms with van der Waals surface area (Å²) in [6.07, 6.45) is 11.5.